The first-order valence-electron chi connectivity index (χ1n) is 10.1. The quantitative estimate of drug-likeness (QED) is 0.738. The Balaban J connectivity index is 0.00000256. The standard InChI is InChI=1S/C23H26N4O2.H2/c1-16-7-3-4-8-18(16)22-24-20-10-6-5-9-19(20)23(25-22)27-13-11-26(12-14-27)21(29)15-17(2)28;/h3-10,17,28H,11-15H2,1-2H3;1H/t17-;/m1./s1. The number of rotatable bonds is 4. The molecule has 1 atom stereocenters. The zero-order valence-electron chi connectivity index (χ0n) is 16.9. The number of hydrogen-bond acceptors (Lipinski definition) is 5. The van der Waals surface area contributed by atoms with Gasteiger partial charge in [0.1, 0.15) is 5.82 Å². The fourth-order valence-corrected chi connectivity index (χ4v) is 3.79. The van der Waals surface area contributed by atoms with E-state index in [1.807, 2.05) is 35.2 Å². The molecule has 152 valence electrons. The van der Waals surface area contributed by atoms with Gasteiger partial charge >= 0.3 is 0 Å². The molecule has 3 aromatic rings. The van der Waals surface area contributed by atoms with Crippen LogP contribution in [0.15, 0.2) is 48.5 Å². The van der Waals surface area contributed by atoms with Gasteiger partial charge in [-0.15, -0.1) is 0 Å². The maximum Gasteiger partial charge on any atom is 0.225 e. The van der Waals surface area contributed by atoms with E-state index in [0.29, 0.717) is 26.2 Å². The summed E-state index contributed by atoms with van der Waals surface area (Å²) in [5.74, 6) is 1.65. The third-order valence-corrected chi connectivity index (χ3v) is 5.37. The van der Waals surface area contributed by atoms with Crippen molar-refractivity contribution in [1.29, 1.82) is 0 Å². The molecule has 2 heterocycles. The molecule has 0 aliphatic carbocycles. The van der Waals surface area contributed by atoms with Crippen LogP contribution in [0.5, 0.6) is 0 Å². The van der Waals surface area contributed by atoms with Gasteiger partial charge in [-0.25, -0.2) is 9.97 Å². The summed E-state index contributed by atoms with van der Waals surface area (Å²) in [5.41, 5.74) is 3.09. The lowest BCUT2D eigenvalue weighted by Crippen LogP contribution is -2.49. The molecule has 1 aromatic heterocycles. The number of hydrogen-bond donors (Lipinski definition) is 1. The summed E-state index contributed by atoms with van der Waals surface area (Å²) in [4.78, 5) is 26.1. The second-order valence-electron chi connectivity index (χ2n) is 7.62. The molecule has 1 aliphatic heterocycles. The van der Waals surface area contributed by atoms with Gasteiger partial charge in [-0.1, -0.05) is 36.4 Å². The van der Waals surface area contributed by atoms with Crippen LogP contribution in [-0.4, -0.2) is 58.2 Å². The van der Waals surface area contributed by atoms with E-state index >= 15 is 0 Å². The van der Waals surface area contributed by atoms with Crippen molar-refractivity contribution >= 4 is 22.6 Å². The van der Waals surface area contributed by atoms with Crippen LogP contribution in [0.4, 0.5) is 5.82 Å². The van der Waals surface area contributed by atoms with Gasteiger partial charge in [-0.05, 0) is 31.5 Å². The molecule has 1 aliphatic rings. The van der Waals surface area contributed by atoms with Crippen molar-refractivity contribution in [3.63, 3.8) is 0 Å². The van der Waals surface area contributed by atoms with E-state index in [-0.39, 0.29) is 13.8 Å². The lowest BCUT2D eigenvalue weighted by atomic mass is 10.1. The molecule has 2 aromatic carbocycles. The lowest BCUT2D eigenvalue weighted by molar-refractivity contribution is -0.133. The van der Waals surface area contributed by atoms with Crippen molar-refractivity contribution in [2.75, 3.05) is 31.1 Å². The Labute approximate surface area is 172 Å². The molecule has 0 bridgehead atoms. The third-order valence-electron chi connectivity index (χ3n) is 5.37. The fraction of sp³-hybridized carbons (Fsp3) is 0.348. The molecule has 1 N–H and O–H groups in total. The van der Waals surface area contributed by atoms with Crippen molar-refractivity contribution in [2.24, 2.45) is 0 Å². The molecule has 29 heavy (non-hydrogen) atoms. The minimum absolute atomic E-state index is 0. The maximum absolute atomic E-state index is 12.3. The predicted octanol–water partition coefficient (Wildman–Crippen LogP) is 3.27. The van der Waals surface area contributed by atoms with Gasteiger partial charge in [-0.2, -0.15) is 0 Å². The van der Waals surface area contributed by atoms with Crippen LogP contribution in [0.3, 0.4) is 0 Å². The number of anilines is 1. The van der Waals surface area contributed by atoms with Gasteiger partial charge < -0.3 is 14.9 Å². The Hall–Kier alpha value is -2.99. The number of aryl methyl sites for hydroxylation is 1. The number of aliphatic hydroxyl groups is 1. The highest BCUT2D eigenvalue weighted by Gasteiger charge is 2.24. The van der Waals surface area contributed by atoms with Gasteiger partial charge in [-0.3, -0.25) is 4.79 Å². The van der Waals surface area contributed by atoms with Crippen LogP contribution in [0.2, 0.25) is 0 Å². The average Bonchev–Trinajstić information content (AvgIpc) is 2.73. The maximum atomic E-state index is 12.3. The van der Waals surface area contributed by atoms with Crippen molar-refractivity contribution < 1.29 is 11.3 Å². The fourth-order valence-electron chi connectivity index (χ4n) is 3.79. The number of para-hydroxylation sites is 1. The molecule has 6 nitrogen and oxygen atoms in total. The largest absolute Gasteiger partial charge is 0.393 e. The smallest absolute Gasteiger partial charge is 0.225 e. The Kier molecular flexibility index (Phi) is 5.45. The summed E-state index contributed by atoms with van der Waals surface area (Å²) in [6.07, 6.45) is -0.434. The number of nitrogens with zero attached hydrogens (tertiary/aromatic N) is 4. The topological polar surface area (TPSA) is 69.6 Å². The SMILES string of the molecule is Cc1ccccc1-c1nc(N2CCN(C(=O)C[C@@H](C)O)CC2)c2ccccc2n1.[HH]. The zero-order valence-corrected chi connectivity index (χ0v) is 16.9. The van der Waals surface area contributed by atoms with Crippen molar-refractivity contribution in [3.05, 3.63) is 54.1 Å². The van der Waals surface area contributed by atoms with E-state index in [1.54, 1.807) is 6.92 Å². The minimum atomic E-state index is -0.608. The van der Waals surface area contributed by atoms with Crippen molar-refractivity contribution in [2.45, 2.75) is 26.4 Å². The highest BCUT2D eigenvalue weighted by atomic mass is 16.3. The second-order valence-corrected chi connectivity index (χ2v) is 7.62. The number of fused-ring (bicyclic) bond motifs is 1. The van der Waals surface area contributed by atoms with Crippen LogP contribution in [0.25, 0.3) is 22.3 Å². The van der Waals surface area contributed by atoms with E-state index in [1.165, 1.54) is 0 Å². The van der Waals surface area contributed by atoms with E-state index in [9.17, 15) is 9.90 Å². The van der Waals surface area contributed by atoms with Gasteiger partial charge in [0.25, 0.3) is 0 Å². The van der Waals surface area contributed by atoms with E-state index in [2.05, 4.69) is 30.0 Å². The van der Waals surface area contributed by atoms with Gasteiger partial charge in [0, 0.05) is 38.6 Å². The highest BCUT2D eigenvalue weighted by molar-refractivity contribution is 5.91. The van der Waals surface area contributed by atoms with Crippen LogP contribution in [-0.2, 0) is 4.79 Å². The summed E-state index contributed by atoms with van der Waals surface area (Å²) in [6, 6.07) is 16.2. The average molecular weight is 393 g/mol. The third kappa shape index (κ3) is 4.07. The molecule has 6 heteroatoms. The molecule has 1 fully saturated rings. The predicted molar refractivity (Wildman–Crippen MR) is 117 cm³/mol. The van der Waals surface area contributed by atoms with Gasteiger partial charge in [0.2, 0.25) is 5.91 Å². The molecular weight excluding hydrogens is 364 g/mol. The summed E-state index contributed by atoms with van der Waals surface area (Å²) >= 11 is 0. The highest BCUT2D eigenvalue weighted by Crippen LogP contribution is 2.29. The number of amides is 1. The number of benzene rings is 2. The Bertz CT molecular complexity index is 1030. The monoisotopic (exact) mass is 392 g/mol. The first-order valence-corrected chi connectivity index (χ1v) is 10.1. The van der Waals surface area contributed by atoms with Crippen LogP contribution < -0.4 is 4.90 Å². The van der Waals surface area contributed by atoms with E-state index in [0.717, 1.165) is 33.7 Å². The van der Waals surface area contributed by atoms with Gasteiger partial charge in [0.05, 0.1) is 18.0 Å². The summed E-state index contributed by atoms with van der Waals surface area (Å²) in [7, 11) is 0. The minimum Gasteiger partial charge on any atom is -0.393 e. The summed E-state index contributed by atoms with van der Waals surface area (Å²) in [5, 5.41) is 10.5. The molecule has 0 spiro atoms. The lowest BCUT2D eigenvalue weighted by Gasteiger charge is -2.36. The van der Waals surface area contributed by atoms with Crippen LogP contribution in [0, 0.1) is 6.92 Å². The first kappa shape index (κ1) is 19.3. The second kappa shape index (κ2) is 8.17. The summed E-state index contributed by atoms with van der Waals surface area (Å²) < 4.78 is 0. The van der Waals surface area contributed by atoms with E-state index < -0.39 is 6.10 Å². The number of carbonyl (C=O) groups excluding carboxylic acids is 1. The van der Waals surface area contributed by atoms with Gasteiger partial charge in [0.15, 0.2) is 5.82 Å². The molecule has 1 saturated heterocycles. The molecule has 0 saturated carbocycles. The number of piperazine rings is 1. The zero-order chi connectivity index (χ0) is 20.4. The first-order chi connectivity index (χ1) is 14.0. The molecule has 1 amide bonds. The number of aromatic nitrogens is 2. The van der Waals surface area contributed by atoms with E-state index in [4.69, 9.17) is 9.97 Å². The number of aliphatic hydroxyl groups excluding tert-OH is 1. The number of carbonyl (C=O) groups is 1. The van der Waals surface area contributed by atoms with Crippen molar-refractivity contribution in [3.8, 4) is 11.4 Å². The molecule has 0 radical (unpaired) electrons. The summed E-state index contributed by atoms with van der Waals surface area (Å²) in [6.45, 7) is 6.39. The van der Waals surface area contributed by atoms with Crippen LogP contribution >= 0.6 is 0 Å². The van der Waals surface area contributed by atoms with Crippen molar-refractivity contribution in [1.82, 2.24) is 14.9 Å². The Morgan fingerprint density at radius 1 is 1.07 bits per heavy atom. The molecular formula is C23H28N4O2. The molecule has 4 rings (SSSR count). The Morgan fingerprint density at radius 3 is 2.48 bits per heavy atom. The Morgan fingerprint density at radius 2 is 1.76 bits per heavy atom. The van der Waals surface area contributed by atoms with Crippen LogP contribution in [0.1, 0.15) is 20.3 Å². The molecule has 0 unspecified atom stereocenters. The normalized spacial score (nSPS) is 15.6.